The Morgan fingerprint density at radius 2 is 2.07 bits per heavy atom. The molecule has 1 aliphatic heterocycles. The van der Waals surface area contributed by atoms with Gasteiger partial charge in [0.2, 0.25) is 0 Å². The summed E-state index contributed by atoms with van der Waals surface area (Å²) in [4.78, 5) is 0. The Bertz CT molecular complexity index is 301. The van der Waals surface area contributed by atoms with E-state index >= 15 is 0 Å². The predicted octanol–water partition coefficient (Wildman–Crippen LogP) is 2.57. The van der Waals surface area contributed by atoms with E-state index in [1.165, 1.54) is 0 Å². The van der Waals surface area contributed by atoms with Gasteiger partial charge in [-0.3, -0.25) is 0 Å². The highest BCUT2D eigenvalue weighted by atomic mass is 14.9. The maximum absolute atomic E-state index is 9.29. The zero-order valence-corrected chi connectivity index (χ0v) is 9.13. The van der Waals surface area contributed by atoms with Crippen LogP contribution >= 0.6 is 0 Å². The van der Waals surface area contributed by atoms with Crippen LogP contribution in [0.5, 0.6) is 0 Å². The molecule has 1 rings (SSSR count). The molecule has 0 amide bonds. The number of piperidine rings is 1. The minimum Gasteiger partial charge on any atom is -0.317 e. The maximum Gasteiger partial charge on any atom is 0.0694 e. The van der Waals surface area contributed by atoms with Crippen LogP contribution in [0.25, 0.3) is 0 Å². The summed E-state index contributed by atoms with van der Waals surface area (Å²) >= 11 is 0. The molecule has 15 heavy (non-hydrogen) atoms. The molecule has 0 radical (unpaired) electrons. The van der Waals surface area contributed by atoms with Gasteiger partial charge in [0.25, 0.3) is 0 Å². The van der Waals surface area contributed by atoms with Gasteiger partial charge >= 0.3 is 0 Å². The Balaban J connectivity index is 2.75. The molecule has 1 fully saturated rings. The van der Waals surface area contributed by atoms with E-state index in [9.17, 15) is 5.26 Å². The molecule has 0 unspecified atom stereocenters. The molecule has 0 aromatic heterocycles. The van der Waals surface area contributed by atoms with Gasteiger partial charge in [0, 0.05) is 0 Å². The van der Waals surface area contributed by atoms with Crippen molar-refractivity contribution in [2.45, 2.75) is 19.3 Å². The zero-order chi connectivity index (χ0) is 11.1. The van der Waals surface area contributed by atoms with E-state index in [2.05, 4.69) is 24.5 Å². The molecule has 0 aromatic carbocycles. The number of nitriles is 1. The van der Waals surface area contributed by atoms with E-state index in [1.54, 1.807) is 6.08 Å². The van der Waals surface area contributed by atoms with E-state index in [1.807, 2.05) is 12.2 Å². The highest BCUT2D eigenvalue weighted by molar-refractivity contribution is 5.25. The summed E-state index contributed by atoms with van der Waals surface area (Å²) < 4.78 is 0. The van der Waals surface area contributed by atoms with Crippen LogP contribution < -0.4 is 5.32 Å². The lowest BCUT2D eigenvalue weighted by Crippen LogP contribution is -2.35. The fourth-order valence-electron chi connectivity index (χ4n) is 1.97. The first-order valence-electron chi connectivity index (χ1n) is 5.32. The first kappa shape index (κ1) is 11.7. The van der Waals surface area contributed by atoms with Gasteiger partial charge in [-0.1, -0.05) is 31.4 Å². The van der Waals surface area contributed by atoms with Crippen molar-refractivity contribution in [3.8, 4) is 6.07 Å². The molecule has 0 spiro atoms. The molecule has 1 N–H and O–H groups in total. The Morgan fingerprint density at radius 1 is 1.40 bits per heavy atom. The second-order valence-electron chi connectivity index (χ2n) is 4.00. The van der Waals surface area contributed by atoms with Crippen molar-refractivity contribution >= 4 is 0 Å². The average molecular weight is 202 g/mol. The van der Waals surface area contributed by atoms with Crippen LogP contribution in [0.4, 0.5) is 0 Å². The van der Waals surface area contributed by atoms with Crippen LogP contribution in [0, 0.1) is 16.7 Å². The summed E-state index contributed by atoms with van der Waals surface area (Å²) in [5.74, 6) is 0. The summed E-state index contributed by atoms with van der Waals surface area (Å²) in [7, 11) is 0. The minimum absolute atomic E-state index is 0.200. The molecule has 0 saturated carbocycles. The highest BCUT2D eigenvalue weighted by Crippen LogP contribution is 2.35. The van der Waals surface area contributed by atoms with E-state index in [0.29, 0.717) is 0 Å². The molecule has 1 heterocycles. The Labute approximate surface area is 92.0 Å². The largest absolute Gasteiger partial charge is 0.317 e. The number of nitrogens with one attached hydrogen (secondary N) is 1. The van der Waals surface area contributed by atoms with Crippen LogP contribution in [0.15, 0.2) is 37.0 Å². The average Bonchev–Trinajstić information content (AvgIpc) is 2.30. The molecule has 0 atom stereocenters. The first-order chi connectivity index (χ1) is 7.26. The van der Waals surface area contributed by atoms with Gasteiger partial charge in [-0.15, -0.1) is 0 Å². The summed E-state index contributed by atoms with van der Waals surface area (Å²) in [6, 6.07) is 2.48. The normalized spacial score (nSPS) is 20.3. The molecular formula is C13H18N2. The Kier molecular flexibility index (Phi) is 4.33. The molecule has 2 nitrogen and oxygen atoms in total. The van der Waals surface area contributed by atoms with Crippen molar-refractivity contribution in [2.24, 2.45) is 5.41 Å². The lowest BCUT2D eigenvalue weighted by Gasteiger charge is -2.31. The van der Waals surface area contributed by atoms with Crippen molar-refractivity contribution in [3.63, 3.8) is 0 Å². The van der Waals surface area contributed by atoms with E-state index in [-0.39, 0.29) is 5.41 Å². The molecule has 0 bridgehead atoms. The number of nitrogens with zero attached hydrogens (tertiary/aromatic N) is 1. The van der Waals surface area contributed by atoms with Gasteiger partial charge in [0.1, 0.15) is 0 Å². The Hall–Kier alpha value is -1.33. The van der Waals surface area contributed by atoms with Crippen LogP contribution in [0.3, 0.4) is 0 Å². The standard InChI is InChI=1S/C13H18N2/c1-3-5-12(4-2)10-13(11-14)6-8-15-9-7-13/h3-5,15H,1-2,6-10H2/b12-5+. The Morgan fingerprint density at radius 3 is 2.53 bits per heavy atom. The van der Waals surface area contributed by atoms with Crippen molar-refractivity contribution in [1.29, 1.82) is 5.26 Å². The smallest absolute Gasteiger partial charge is 0.0694 e. The number of hydrogen-bond donors (Lipinski definition) is 1. The van der Waals surface area contributed by atoms with Gasteiger partial charge < -0.3 is 5.32 Å². The molecule has 2 heteroatoms. The minimum atomic E-state index is -0.200. The SMILES string of the molecule is C=C/C=C(\C=C)CC1(C#N)CCNCC1. The van der Waals surface area contributed by atoms with Crippen LogP contribution in [-0.2, 0) is 0 Å². The molecule has 1 saturated heterocycles. The van der Waals surface area contributed by atoms with Crippen molar-refractivity contribution < 1.29 is 0 Å². The van der Waals surface area contributed by atoms with E-state index < -0.39 is 0 Å². The summed E-state index contributed by atoms with van der Waals surface area (Å²) in [5, 5.41) is 12.6. The third-order valence-corrected chi connectivity index (χ3v) is 2.93. The van der Waals surface area contributed by atoms with Crippen molar-refractivity contribution in [1.82, 2.24) is 5.32 Å². The van der Waals surface area contributed by atoms with Gasteiger partial charge in [0.05, 0.1) is 11.5 Å². The van der Waals surface area contributed by atoms with Gasteiger partial charge in [-0.2, -0.15) is 5.26 Å². The first-order valence-corrected chi connectivity index (χ1v) is 5.32. The number of rotatable bonds is 4. The molecule has 1 aliphatic rings. The van der Waals surface area contributed by atoms with Crippen molar-refractivity contribution in [3.05, 3.63) is 37.0 Å². The second-order valence-corrected chi connectivity index (χ2v) is 4.00. The zero-order valence-electron chi connectivity index (χ0n) is 9.13. The molecular weight excluding hydrogens is 184 g/mol. The van der Waals surface area contributed by atoms with Crippen LogP contribution in [0.2, 0.25) is 0 Å². The maximum atomic E-state index is 9.29. The van der Waals surface area contributed by atoms with E-state index in [0.717, 1.165) is 37.9 Å². The number of allylic oxidation sites excluding steroid dienone is 4. The van der Waals surface area contributed by atoms with Gasteiger partial charge in [-0.05, 0) is 37.9 Å². The topological polar surface area (TPSA) is 35.8 Å². The van der Waals surface area contributed by atoms with Gasteiger partial charge in [-0.25, -0.2) is 0 Å². The lowest BCUT2D eigenvalue weighted by molar-refractivity contribution is 0.281. The third-order valence-electron chi connectivity index (χ3n) is 2.93. The second kappa shape index (κ2) is 5.53. The van der Waals surface area contributed by atoms with Crippen LogP contribution in [-0.4, -0.2) is 13.1 Å². The van der Waals surface area contributed by atoms with Gasteiger partial charge in [0.15, 0.2) is 0 Å². The molecule has 80 valence electrons. The third kappa shape index (κ3) is 3.07. The van der Waals surface area contributed by atoms with Crippen molar-refractivity contribution in [2.75, 3.05) is 13.1 Å². The number of hydrogen-bond acceptors (Lipinski definition) is 2. The molecule has 0 aromatic rings. The quantitative estimate of drug-likeness (QED) is 0.711. The summed E-state index contributed by atoms with van der Waals surface area (Å²) in [6.07, 6.45) is 8.15. The summed E-state index contributed by atoms with van der Waals surface area (Å²) in [5.41, 5.74) is 0.905. The lowest BCUT2D eigenvalue weighted by atomic mass is 9.75. The fraction of sp³-hybridized carbons (Fsp3) is 0.462. The van der Waals surface area contributed by atoms with E-state index in [4.69, 9.17) is 0 Å². The fourth-order valence-corrected chi connectivity index (χ4v) is 1.97. The predicted molar refractivity (Wildman–Crippen MR) is 63.2 cm³/mol. The monoisotopic (exact) mass is 202 g/mol. The molecule has 0 aliphatic carbocycles. The van der Waals surface area contributed by atoms with Crippen LogP contribution in [0.1, 0.15) is 19.3 Å². The highest BCUT2D eigenvalue weighted by Gasteiger charge is 2.32. The summed E-state index contributed by atoms with van der Waals surface area (Å²) in [6.45, 7) is 9.31.